The van der Waals surface area contributed by atoms with Crippen LogP contribution in [0.1, 0.15) is 0 Å². The predicted molar refractivity (Wildman–Crippen MR) is 55.7 cm³/mol. The Balaban J connectivity index is 2.57. The van der Waals surface area contributed by atoms with Crippen molar-refractivity contribution in [1.29, 1.82) is 0 Å². The monoisotopic (exact) mass is 265 g/mol. The first-order valence-electron chi connectivity index (χ1n) is 4.69. The average molecular weight is 265 g/mol. The fourth-order valence-electron chi connectivity index (χ4n) is 1.07. The molecule has 0 heterocycles. The Morgan fingerprint density at radius 2 is 2.11 bits per heavy atom. The van der Waals surface area contributed by atoms with Crippen molar-refractivity contribution < 1.29 is 32.5 Å². The normalized spacial score (nSPS) is 10.9. The Hall–Kier alpha value is -2.12. The lowest BCUT2D eigenvalue weighted by atomic mass is 10.3. The van der Waals surface area contributed by atoms with Crippen LogP contribution in [-0.4, -0.2) is 31.1 Å². The van der Waals surface area contributed by atoms with Gasteiger partial charge in [-0.1, -0.05) is 0 Å². The fourth-order valence-corrected chi connectivity index (χ4v) is 1.07. The second-order valence-electron chi connectivity index (χ2n) is 3.20. The lowest BCUT2D eigenvalue weighted by Gasteiger charge is -2.10. The topological polar surface area (TPSA) is 67.8 Å². The molecule has 8 heteroatoms. The molecule has 0 saturated heterocycles. The number of alkyl halides is 3. The number of aromatic hydroxyl groups is 1. The summed E-state index contributed by atoms with van der Waals surface area (Å²) < 4.78 is 43.9. The standard InChI is InChI=1S/C10H10F3NO4/c1-17-8-3-2-6(4-7(8)15)14-9(16)18-5-10(11,12)13/h2-4,15H,5H2,1H3,(H,14,16). The van der Waals surface area contributed by atoms with Crippen molar-refractivity contribution in [3.63, 3.8) is 0 Å². The Kier molecular flexibility index (Phi) is 4.24. The van der Waals surface area contributed by atoms with Crippen LogP contribution in [0.2, 0.25) is 0 Å². The van der Waals surface area contributed by atoms with Crippen LogP contribution in [0, 0.1) is 0 Å². The summed E-state index contributed by atoms with van der Waals surface area (Å²) in [4.78, 5) is 11.0. The van der Waals surface area contributed by atoms with Gasteiger partial charge in [0, 0.05) is 11.8 Å². The number of carbonyl (C=O) groups excluding carboxylic acids is 1. The number of anilines is 1. The van der Waals surface area contributed by atoms with Crippen LogP contribution in [0.25, 0.3) is 0 Å². The number of methoxy groups -OCH3 is 1. The minimum Gasteiger partial charge on any atom is -0.504 e. The number of nitrogens with one attached hydrogen (secondary N) is 1. The molecule has 0 spiro atoms. The molecule has 0 radical (unpaired) electrons. The summed E-state index contributed by atoms with van der Waals surface area (Å²) in [7, 11) is 1.33. The van der Waals surface area contributed by atoms with Crippen LogP contribution >= 0.6 is 0 Å². The summed E-state index contributed by atoms with van der Waals surface area (Å²) in [5, 5.41) is 11.4. The van der Waals surface area contributed by atoms with Crippen LogP contribution < -0.4 is 10.1 Å². The van der Waals surface area contributed by atoms with Crippen molar-refractivity contribution in [3.8, 4) is 11.5 Å². The number of phenols is 1. The highest BCUT2D eigenvalue weighted by Crippen LogP contribution is 2.28. The highest BCUT2D eigenvalue weighted by molar-refractivity contribution is 5.85. The molecule has 5 nitrogen and oxygen atoms in total. The summed E-state index contributed by atoms with van der Waals surface area (Å²) >= 11 is 0. The second-order valence-corrected chi connectivity index (χ2v) is 3.20. The highest BCUT2D eigenvalue weighted by Gasteiger charge is 2.29. The van der Waals surface area contributed by atoms with Crippen LogP contribution in [0.15, 0.2) is 18.2 Å². The molecule has 0 aliphatic rings. The number of ether oxygens (including phenoxy) is 2. The summed E-state index contributed by atoms with van der Waals surface area (Å²) in [6, 6.07) is 3.80. The third kappa shape index (κ3) is 4.40. The number of phenolic OH excluding ortho intramolecular Hbond substituents is 1. The molecule has 1 amide bonds. The Morgan fingerprint density at radius 1 is 1.44 bits per heavy atom. The molecular weight excluding hydrogens is 255 g/mol. The number of carbonyl (C=O) groups is 1. The van der Waals surface area contributed by atoms with Crippen LogP contribution in [0.3, 0.4) is 0 Å². The molecule has 0 aliphatic carbocycles. The summed E-state index contributed by atoms with van der Waals surface area (Å²) in [6.07, 6.45) is -5.85. The van der Waals surface area contributed by atoms with Gasteiger partial charge in [-0.3, -0.25) is 5.32 Å². The molecule has 0 saturated carbocycles. The van der Waals surface area contributed by atoms with Gasteiger partial charge in [0.25, 0.3) is 0 Å². The molecule has 100 valence electrons. The molecule has 1 aromatic rings. The average Bonchev–Trinajstić information content (AvgIpc) is 2.26. The zero-order valence-corrected chi connectivity index (χ0v) is 9.25. The summed E-state index contributed by atoms with van der Waals surface area (Å²) in [6.45, 7) is -1.68. The minimum atomic E-state index is -4.58. The van der Waals surface area contributed by atoms with Gasteiger partial charge in [0.05, 0.1) is 7.11 Å². The Morgan fingerprint density at radius 3 is 2.61 bits per heavy atom. The van der Waals surface area contributed by atoms with Crippen molar-refractivity contribution in [1.82, 2.24) is 0 Å². The second kappa shape index (κ2) is 5.48. The van der Waals surface area contributed by atoms with E-state index in [2.05, 4.69) is 4.74 Å². The zero-order valence-electron chi connectivity index (χ0n) is 9.25. The molecule has 2 N–H and O–H groups in total. The van der Waals surface area contributed by atoms with Crippen molar-refractivity contribution >= 4 is 11.8 Å². The molecule has 0 atom stereocenters. The van der Waals surface area contributed by atoms with E-state index in [0.29, 0.717) is 0 Å². The number of hydrogen-bond acceptors (Lipinski definition) is 4. The van der Waals surface area contributed by atoms with E-state index in [4.69, 9.17) is 4.74 Å². The first-order valence-corrected chi connectivity index (χ1v) is 4.69. The molecule has 0 aliphatic heterocycles. The molecule has 1 rings (SSSR count). The van der Waals surface area contributed by atoms with E-state index < -0.39 is 18.9 Å². The lowest BCUT2D eigenvalue weighted by molar-refractivity contribution is -0.159. The lowest BCUT2D eigenvalue weighted by Crippen LogP contribution is -2.23. The van der Waals surface area contributed by atoms with Crippen LogP contribution in [-0.2, 0) is 4.74 Å². The summed E-state index contributed by atoms with van der Waals surface area (Å²) in [5.74, 6) is -0.0877. The first kappa shape index (κ1) is 13.9. The van der Waals surface area contributed by atoms with Gasteiger partial charge in [-0.15, -0.1) is 0 Å². The highest BCUT2D eigenvalue weighted by atomic mass is 19.4. The van der Waals surface area contributed by atoms with E-state index in [1.165, 1.54) is 19.2 Å². The van der Waals surface area contributed by atoms with Gasteiger partial charge in [-0.25, -0.2) is 4.79 Å². The smallest absolute Gasteiger partial charge is 0.422 e. The first-order chi connectivity index (χ1) is 8.31. The van der Waals surface area contributed by atoms with Crippen molar-refractivity contribution in [2.24, 2.45) is 0 Å². The van der Waals surface area contributed by atoms with Gasteiger partial charge in [-0.2, -0.15) is 13.2 Å². The van der Waals surface area contributed by atoms with Crippen LogP contribution in [0.5, 0.6) is 11.5 Å². The number of hydrogen-bond donors (Lipinski definition) is 2. The Bertz CT molecular complexity index is 434. The number of benzene rings is 1. The number of rotatable bonds is 3. The predicted octanol–water partition coefficient (Wildman–Crippen LogP) is 2.51. The maximum Gasteiger partial charge on any atom is 0.422 e. The van der Waals surface area contributed by atoms with Gasteiger partial charge in [0.15, 0.2) is 18.1 Å². The molecule has 18 heavy (non-hydrogen) atoms. The summed E-state index contributed by atoms with van der Waals surface area (Å²) in [5.41, 5.74) is 0.0838. The van der Waals surface area contributed by atoms with Crippen molar-refractivity contribution in [3.05, 3.63) is 18.2 Å². The largest absolute Gasteiger partial charge is 0.504 e. The third-order valence-electron chi connectivity index (χ3n) is 1.79. The van der Waals surface area contributed by atoms with E-state index in [9.17, 15) is 23.1 Å². The van der Waals surface area contributed by atoms with E-state index >= 15 is 0 Å². The Labute approximate surface area is 100 Å². The quantitative estimate of drug-likeness (QED) is 0.881. The molecular formula is C10H10F3NO4. The van der Waals surface area contributed by atoms with Gasteiger partial charge >= 0.3 is 12.3 Å². The minimum absolute atomic E-state index is 0.0838. The van der Waals surface area contributed by atoms with E-state index in [-0.39, 0.29) is 17.2 Å². The molecule has 0 unspecified atom stereocenters. The van der Waals surface area contributed by atoms with E-state index in [1.54, 1.807) is 0 Å². The maximum atomic E-state index is 11.8. The fraction of sp³-hybridized carbons (Fsp3) is 0.300. The van der Waals surface area contributed by atoms with Crippen molar-refractivity contribution in [2.45, 2.75) is 6.18 Å². The van der Waals surface area contributed by atoms with Crippen LogP contribution in [0.4, 0.5) is 23.7 Å². The zero-order chi connectivity index (χ0) is 13.8. The molecule has 0 aromatic heterocycles. The maximum absolute atomic E-state index is 11.8. The number of amides is 1. The van der Waals surface area contributed by atoms with Crippen molar-refractivity contribution in [2.75, 3.05) is 19.0 Å². The van der Waals surface area contributed by atoms with Gasteiger partial charge < -0.3 is 14.6 Å². The third-order valence-corrected chi connectivity index (χ3v) is 1.79. The van der Waals surface area contributed by atoms with E-state index in [0.717, 1.165) is 6.07 Å². The van der Waals surface area contributed by atoms with Gasteiger partial charge in [0.1, 0.15) is 0 Å². The molecule has 0 fully saturated rings. The van der Waals surface area contributed by atoms with Gasteiger partial charge in [0.2, 0.25) is 0 Å². The SMILES string of the molecule is COc1ccc(NC(=O)OCC(F)(F)F)cc1O. The molecule has 0 bridgehead atoms. The molecule has 1 aromatic carbocycles. The van der Waals surface area contributed by atoms with Gasteiger partial charge in [-0.05, 0) is 12.1 Å². The van der Waals surface area contributed by atoms with E-state index in [1.807, 2.05) is 5.32 Å². The number of halogens is 3.